The maximum atomic E-state index is 11.2. The molecule has 0 aliphatic rings. The predicted molar refractivity (Wildman–Crippen MR) is 169 cm³/mol. The first-order valence-electron chi connectivity index (χ1n) is 14.2. The summed E-state index contributed by atoms with van der Waals surface area (Å²) in [5.74, 6) is 0.321. The van der Waals surface area contributed by atoms with E-state index >= 15 is 0 Å². The third-order valence-electron chi connectivity index (χ3n) is 7.48. The highest BCUT2D eigenvalue weighted by molar-refractivity contribution is 5.72. The molecule has 0 bridgehead atoms. The molecule has 0 amide bonds. The first-order chi connectivity index (χ1) is 20.7. The van der Waals surface area contributed by atoms with Gasteiger partial charge >= 0.3 is 0 Å². The zero-order valence-corrected chi connectivity index (χ0v) is 23.3. The Morgan fingerprint density at radius 2 is 1.19 bits per heavy atom. The number of hydrogen-bond acceptors (Lipinski definition) is 3. The Bertz CT molecular complexity index is 1690. The van der Waals surface area contributed by atoms with Gasteiger partial charge < -0.3 is 0 Å². The molecule has 6 aromatic rings. The lowest BCUT2D eigenvalue weighted by atomic mass is 9.91. The minimum Gasteiger partial charge on any atom is -0.284 e. The molecular weight excluding hydrogens is 514 g/mol. The minimum absolute atomic E-state index is 0.321. The molecule has 1 unspecified atom stereocenters. The summed E-state index contributed by atoms with van der Waals surface area (Å²) in [6.07, 6.45) is 9.98. The SMILES string of the molecule is O[n+]1c(-c2ccccn2)cc(-c2ccc(CCC(/C=C\c3ccccc3)c3ccccc3)cc2)cc1-c1ccccn1. The number of benzene rings is 3. The van der Waals surface area contributed by atoms with E-state index in [0.717, 1.165) is 24.0 Å². The molecule has 0 fully saturated rings. The molecule has 0 spiro atoms. The Morgan fingerprint density at radius 1 is 0.619 bits per heavy atom. The molecule has 4 nitrogen and oxygen atoms in total. The fourth-order valence-corrected chi connectivity index (χ4v) is 5.20. The Hall–Kier alpha value is -5.35. The quantitative estimate of drug-likeness (QED) is 0.146. The number of hydrogen-bond donors (Lipinski definition) is 1. The van der Waals surface area contributed by atoms with Crippen molar-refractivity contribution >= 4 is 6.08 Å². The molecule has 0 saturated carbocycles. The van der Waals surface area contributed by atoms with Gasteiger partial charge in [-0.15, -0.1) is 0 Å². The lowest BCUT2D eigenvalue weighted by Gasteiger charge is -2.14. The summed E-state index contributed by atoms with van der Waals surface area (Å²) in [5, 5.41) is 11.2. The predicted octanol–water partition coefficient (Wildman–Crippen LogP) is 8.43. The van der Waals surface area contributed by atoms with Gasteiger partial charge in [0.1, 0.15) is 11.4 Å². The number of allylic oxidation sites excluding steroid dienone is 1. The minimum atomic E-state index is 0.321. The van der Waals surface area contributed by atoms with Crippen molar-refractivity contribution in [2.75, 3.05) is 0 Å². The van der Waals surface area contributed by atoms with Crippen LogP contribution in [0.4, 0.5) is 0 Å². The molecular formula is C38H32N3O+. The summed E-state index contributed by atoms with van der Waals surface area (Å²) in [5.41, 5.74) is 8.46. The maximum absolute atomic E-state index is 11.2. The van der Waals surface area contributed by atoms with Gasteiger partial charge in [0.05, 0.1) is 0 Å². The van der Waals surface area contributed by atoms with Crippen LogP contribution in [0.25, 0.3) is 40.0 Å². The highest BCUT2D eigenvalue weighted by atomic mass is 16.5. The van der Waals surface area contributed by atoms with Crippen molar-refractivity contribution in [1.82, 2.24) is 9.97 Å². The summed E-state index contributed by atoms with van der Waals surface area (Å²) in [7, 11) is 0. The van der Waals surface area contributed by atoms with Crippen molar-refractivity contribution in [1.29, 1.82) is 0 Å². The molecule has 0 aliphatic carbocycles. The number of aryl methyl sites for hydroxylation is 1. The number of aromatic nitrogens is 3. The summed E-state index contributed by atoms with van der Waals surface area (Å²) in [4.78, 5) is 8.97. The highest BCUT2D eigenvalue weighted by Crippen LogP contribution is 2.29. The van der Waals surface area contributed by atoms with Crippen LogP contribution in [0.3, 0.4) is 0 Å². The van der Waals surface area contributed by atoms with E-state index in [9.17, 15) is 5.21 Å². The second-order valence-corrected chi connectivity index (χ2v) is 10.3. The van der Waals surface area contributed by atoms with Gasteiger partial charge in [0.2, 0.25) is 0 Å². The highest BCUT2D eigenvalue weighted by Gasteiger charge is 2.24. The van der Waals surface area contributed by atoms with Crippen LogP contribution in [0, 0.1) is 0 Å². The first-order valence-corrected chi connectivity index (χ1v) is 14.2. The van der Waals surface area contributed by atoms with Gasteiger partial charge in [-0.3, -0.25) is 5.21 Å². The summed E-state index contributed by atoms with van der Waals surface area (Å²) in [6.45, 7) is 0. The van der Waals surface area contributed by atoms with Gasteiger partial charge in [-0.25, -0.2) is 9.97 Å². The maximum Gasteiger partial charge on any atom is 0.284 e. The lowest BCUT2D eigenvalue weighted by molar-refractivity contribution is -0.887. The second kappa shape index (κ2) is 12.9. The smallest absolute Gasteiger partial charge is 0.284 e. The third kappa shape index (κ3) is 6.34. The number of pyridine rings is 3. The van der Waals surface area contributed by atoms with Crippen LogP contribution in [0.5, 0.6) is 0 Å². The van der Waals surface area contributed by atoms with E-state index in [1.165, 1.54) is 21.4 Å². The normalized spacial score (nSPS) is 11.9. The molecule has 1 atom stereocenters. The van der Waals surface area contributed by atoms with E-state index in [2.05, 4.69) is 101 Å². The average molecular weight is 547 g/mol. The van der Waals surface area contributed by atoms with Crippen LogP contribution in [0.2, 0.25) is 0 Å². The fraction of sp³-hybridized carbons (Fsp3) is 0.0789. The second-order valence-electron chi connectivity index (χ2n) is 10.3. The molecule has 3 aromatic carbocycles. The van der Waals surface area contributed by atoms with Crippen molar-refractivity contribution in [2.45, 2.75) is 18.8 Å². The fourth-order valence-electron chi connectivity index (χ4n) is 5.20. The van der Waals surface area contributed by atoms with Crippen molar-refractivity contribution < 1.29 is 9.94 Å². The van der Waals surface area contributed by atoms with E-state index in [1.54, 1.807) is 12.4 Å². The molecule has 3 heterocycles. The van der Waals surface area contributed by atoms with Crippen molar-refractivity contribution in [2.24, 2.45) is 0 Å². The standard InChI is InChI=1S/C38H32N3O/c42-41-37(35-15-7-9-25-39-35)27-34(28-38(41)36-16-8-10-26-40-36)33-23-19-30(20-24-33)18-22-32(31-13-5-2-6-14-31)21-17-29-11-3-1-4-12-29/h1-17,19-21,23-28,32,42H,18,22H2/q+1/b21-17-. The Morgan fingerprint density at radius 3 is 1.76 bits per heavy atom. The van der Waals surface area contributed by atoms with Crippen LogP contribution < -0.4 is 4.73 Å². The van der Waals surface area contributed by atoms with Gasteiger partial charge in [-0.2, -0.15) is 0 Å². The van der Waals surface area contributed by atoms with E-state index in [0.29, 0.717) is 28.7 Å². The Labute approximate surface area is 246 Å². The Kier molecular flexibility index (Phi) is 8.23. The zero-order valence-electron chi connectivity index (χ0n) is 23.3. The summed E-state index contributed by atoms with van der Waals surface area (Å²) < 4.78 is 1.18. The van der Waals surface area contributed by atoms with Gasteiger partial charge in [0, 0.05) is 35.2 Å². The summed E-state index contributed by atoms with van der Waals surface area (Å²) in [6, 6.07) is 45.2. The molecule has 204 valence electrons. The van der Waals surface area contributed by atoms with E-state index in [1.807, 2.05) is 54.6 Å². The molecule has 0 radical (unpaired) electrons. The molecule has 1 N–H and O–H groups in total. The molecule has 4 heteroatoms. The lowest BCUT2D eigenvalue weighted by Crippen LogP contribution is -2.36. The number of nitrogens with zero attached hydrogens (tertiary/aromatic N) is 3. The molecule has 6 rings (SSSR count). The average Bonchev–Trinajstić information content (AvgIpc) is 3.07. The van der Waals surface area contributed by atoms with E-state index in [4.69, 9.17) is 0 Å². The third-order valence-corrected chi connectivity index (χ3v) is 7.48. The molecule has 3 aromatic heterocycles. The molecule has 0 aliphatic heterocycles. The van der Waals surface area contributed by atoms with E-state index in [-0.39, 0.29) is 0 Å². The van der Waals surface area contributed by atoms with Gasteiger partial charge in [-0.05, 0) is 64.9 Å². The Balaban J connectivity index is 1.27. The van der Waals surface area contributed by atoms with Crippen molar-refractivity contribution in [3.63, 3.8) is 0 Å². The van der Waals surface area contributed by atoms with Crippen LogP contribution >= 0.6 is 0 Å². The van der Waals surface area contributed by atoms with Gasteiger partial charge in [-0.1, -0.05) is 109 Å². The van der Waals surface area contributed by atoms with E-state index < -0.39 is 0 Å². The number of rotatable bonds is 9. The van der Waals surface area contributed by atoms with Crippen LogP contribution in [0.15, 0.2) is 152 Å². The van der Waals surface area contributed by atoms with Crippen LogP contribution in [-0.4, -0.2) is 15.2 Å². The van der Waals surface area contributed by atoms with Crippen LogP contribution in [0.1, 0.15) is 29.0 Å². The van der Waals surface area contributed by atoms with Gasteiger partial charge in [0.25, 0.3) is 11.4 Å². The topological polar surface area (TPSA) is 49.9 Å². The molecule has 0 saturated heterocycles. The summed E-state index contributed by atoms with van der Waals surface area (Å²) >= 11 is 0. The molecule has 42 heavy (non-hydrogen) atoms. The zero-order chi connectivity index (χ0) is 28.6. The monoisotopic (exact) mass is 546 g/mol. The van der Waals surface area contributed by atoms with Crippen LogP contribution in [-0.2, 0) is 6.42 Å². The first kappa shape index (κ1) is 26.9. The van der Waals surface area contributed by atoms with Crippen molar-refractivity contribution in [3.05, 3.63) is 169 Å². The largest absolute Gasteiger partial charge is 0.284 e. The van der Waals surface area contributed by atoms with Gasteiger partial charge in [0.15, 0.2) is 0 Å². The van der Waals surface area contributed by atoms with Crippen molar-refractivity contribution in [3.8, 4) is 33.9 Å².